The van der Waals surface area contributed by atoms with Crippen LogP contribution in [0.5, 0.6) is 0 Å². The first-order valence-corrected chi connectivity index (χ1v) is 6.81. The second-order valence-corrected chi connectivity index (χ2v) is 5.38. The predicted octanol–water partition coefficient (Wildman–Crippen LogP) is 3.21. The summed E-state index contributed by atoms with van der Waals surface area (Å²) in [5.74, 6) is 0.283. The molecule has 0 atom stereocenters. The van der Waals surface area contributed by atoms with Crippen molar-refractivity contribution >= 4 is 38.2 Å². The molecule has 1 aromatic carbocycles. The minimum Gasteiger partial charge on any atom is -0.299 e. The summed E-state index contributed by atoms with van der Waals surface area (Å²) >= 11 is 1.57. The van der Waals surface area contributed by atoms with Crippen LogP contribution in [-0.4, -0.2) is 16.5 Å². The Labute approximate surface area is 109 Å². The zero-order valence-corrected chi connectivity index (χ0v) is 10.7. The van der Waals surface area contributed by atoms with Gasteiger partial charge < -0.3 is 0 Å². The fraction of sp³-hybridized carbons (Fsp3) is 0.308. The molecule has 4 nitrogen and oxygen atoms in total. The molecule has 18 heavy (non-hydrogen) atoms. The summed E-state index contributed by atoms with van der Waals surface area (Å²) in [6.07, 6.45) is 3.00. The van der Waals surface area contributed by atoms with Gasteiger partial charge in [-0.15, -0.1) is 0 Å². The normalized spacial score (nSPS) is 18.4. The zero-order chi connectivity index (χ0) is 12.4. The van der Waals surface area contributed by atoms with Crippen molar-refractivity contribution in [3.63, 3.8) is 0 Å². The average molecular weight is 259 g/mol. The maximum Gasteiger partial charge on any atom is 0.204 e. The number of hydrogen-bond donors (Lipinski definition) is 1. The van der Waals surface area contributed by atoms with Crippen LogP contribution in [0.4, 0.5) is 5.13 Å². The summed E-state index contributed by atoms with van der Waals surface area (Å²) in [4.78, 5) is 15.7. The number of aromatic nitrogens is 1. The van der Waals surface area contributed by atoms with Crippen molar-refractivity contribution in [2.45, 2.75) is 25.7 Å². The van der Waals surface area contributed by atoms with Gasteiger partial charge in [0.05, 0.1) is 10.2 Å². The van der Waals surface area contributed by atoms with Gasteiger partial charge in [0.1, 0.15) is 5.78 Å². The van der Waals surface area contributed by atoms with Crippen molar-refractivity contribution < 1.29 is 4.79 Å². The maximum absolute atomic E-state index is 11.3. The monoisotopic (exact) mass is 259 g/mol. The van der Waals surface area contributed by atoms with E-state index < -0.39 is 0 Å². The van der Waals surface area contributed by atoms with Crippen LogP contribution in [-0.2, 0) is 4.79 Å². The Balaban J connectivity index is 1.76. The van der Waals surface area contributed by atoms with E-state index in [-0.39, 0.29) is 5.78 Å². The molecule has 1 saturated carbocycles. The van der Waals surface area contributed by atoms with Crippen LogP contribution >= 0.6 is 11.3 Å². The van der Waals surface area contributed by atoms with Gasteiger partial charge >= 0.3 is 0 Å². The first-order valence-electron chi connectivity index (χ1n) is 6.00. The largest absolute Gasteiger partial charge is 0.299 e. The molecule has 0 aliphatic heterocycles. The van der Waals surface area contributed by atoms with E-state index in [9.17, 15) is 4.79 Å². The molecular formula is C13H13N3OS. The van der Waals surface area contributed by atoms with Crippen LogP contribution in [0, 0.1) is 0 Å². The lowest BCUT2D eigenvalue weighted by Gasteiger charge is -2.10. The molecule has 1 aromatic heterocycles. The molecular weight excluding hydrogens is 246 g/mol. The molecule has 2 aromatic rings. The molecule has 1 heterocycles. The van der Waals surface area contributed by atoms with Crippen LogP contribution in [0.1, 0.15) is 25.7 Å². The van der Waals surface area contributed by atoms with Crippen molar-refractivity contribution in [2.24, 2.45) is 5.10 Å². The number of para-hydroxylation sites is 1. The molecule has 92 valence electrons. The molecule has 0 bridgehead atoms. The number of carbonyl (C=O) groups excluding carboxylic acids is 1. The average Bonchev–Trinajstić information content (AvgIpc) is 2.79. The molecule has 1 fully saturated rings. The highest BCUT2D eigenvalue weighted by atomic mass is 32.1. The minimum atomic E-state index is 0.283. The van der Waals surface area contributed by atoms with E-state index in [4.69, 9.17) is 0 Å². The number of hydrazone groups is 1. The quantitative estimate of drug-likeness (QED) is 0.842. The fourth-order valence-corrected chi connectivity index (χ4v) is 2.84. The van der Waals surface area contributed by atoms with E-state index in [1.54, 1.807) is 11.3 Å². The molecule has 0 unspecified atom stereocenters. The predicted molar refractivity (Wildman–Crippen MR) is 74.2 cm³/mol. The summed E-state index contributed by atoms with van der Waals surface area (Å²) in [5, 5.41) is 5.07. The number of thiazole rings is 1. The van der Waals surface area contributed by atoms with E-state index in [0.717, 1.165) is 33.9 Å². The highest BCUT2D eigenvalue weighted by molar-refractivity contribution is 7.22. The topological polar surface area (TPSA) is 54.4 Å². The number of Topliss-reactive ketones (excluding diaryl/α,β-unsaturated/α-hetero) is 1. The highest BCUT2D eigenvalue weighted by Gasteiger charge is 2.14. The van der Waals surface area contributed by atoms with Crippen LogP contribution in [0.25, 0.3) is 10.2 Å². The van der Waals surface area contributed by atoms with Crippen LogP contribution < -0.4 is 5.43 Å². The summed E-state index contributed by atoms with van der Waals surface area (Å²) < 4.78 is 1.14. The van der Waals surface area contributed by atoms with E-state index >= 15 is 0 Å². The molecule has 0 amide bonds. The second-order valence-electron chi connectivity index (χ2n) is 4.35. The van der Waals surface area contributed by atoms with E-state index in [1.165, 1.54) is 0 Å². The summed E-state index contributed by atoms with van der Waals surface area (Å²) in [7, 11) is 0. The first-order chi connectivity index (χ1) is 8.81. The van der Waals surface area contributed by atoms with Gasteiger partial charge in [-0.2, -0.15) is 5.10 Å². The van der Waals surface area contributed by atoms with Gasteiger partial charge in [-0.05, 0) is 25.0 Å². The van der Waals surface area contributed by atoms with Crippen molar-refractivity contribution in [2.75, 3.05) is 5.43 Å². The Morgan fingerprint density at radius 2 is 2.17 bits per heavy atom. The van der Waals surface area contributed by atoms with Crippen LogP contribution in [0.3, 0.4) is 0 Å². The van der Waals surface area contributed by atoms with E-state index in [1.807, 2.05) is 24.3 Å². The van der Waals surface area contributed by atoms with Gasteiger partial charge in [-0.25, -0.2) is 4.98 Å². The van der Waals surface area contributed by atoms with Gasteiger partial charge in [0.25, 0.3) is 0 Å². The number of benzene rings is 1. The summed E-state index contributed by atoms with van der Waals surface area (Å²) in [6, 6.07) is 7.98. The standard InChI is InChI=1S/C13H13N3OS/c17-10-5-3-4-9(8-10)15-16-13-14-11-6-1-2-7-12(11)18-13/h1-2,6-7H,3-5,8H2,(H,14,16)/b15-9-. The summed E-state index contributed by atoms with van der Waals surface area (Å²) in [5.41, 5.74) is 4.88. The Morgan fingerprint density at radius 3 is 3.00 bits per heavy atom. The smallest absolute Gasteiger partial charge is 0.204 e. The number of fused-ring (bicyclic) bond motifs is 1. The van der Waals surface area contributed by atoms with Gasteiger partial charge in [0.2, 0.25) is 5.13 Å². The molecule has 1 aliphatic rings. The van der Waals surface area contributed by atoms with Crippen LogP contribution in [0.2, 0.25) is 0 Å². The van der Waals surface area contributed by atoms with Gasteiger partial charge in [0.15, 0.2) is 0 Å². The molecule has 3 rings (SSSR count). The number of nitrogens with one attached hydrogen (secondary N) is 1. The number of nitrogens with zero attached hydrogens (tertiary/aromatic N) is 2. The lowest BCUT2D eigenvalue weighted by molar-refractivity contribution is -0.118. The third-order valence-electron chi connectivity index (χ3n) is 2.93. The van der Waals surface area contributed by atoms with Crippen molar-refractivity contribution in [3.8, 4) is 0 Å². The molecule has 0 radical (unpaired) electrons. The SMILES string of the molecule is O=C1CCC/C(=N/Nc2nc3ccccc3s2)C1. The molecule has 1 N–H and O–H groups in total. The first kappa shape index (κ1) is 11.3. The maximum atomic E-state index is 11.3. The Kier molecular flexibility index (Phi) is 3.06. The minimum absolute atomic E-state index is 0.283. The Bertz CT molecular complexity index is 584. The second kappa shape index (κ2) is 4.86. The number of rotatable bonds is 2. The molecule has 5 heteroatoms. The number of anilines is 1. The van der Waals surface area contributed by atoms with Crippen molar-refractivity contribution in [1.29, 1.82) is 0 Å². The zero-order valence-electron chi connectivity index (χ0n) is 9.85. The highest BCUT2D eigenvalue weighted by Crippen LogP contribution is 2.25. The lowest BCUT2D eigenvalue weighted by atomic mass is 9.97. The fourth-order valence-electron chi connectivity index (χ4n) is 2.04. The molecule has 0 saturated heterocycles. The number of ketones is 1. The Hall–Kier alpha value is -1.75. The van der Waals surface area contributed by atoms with E-state index in [2.05, 4.69) is 15.5 Å². The van der Waals surface area contributed by atoms with Crippen LogP contribution in [0.15, 0.2) is 29.4 Å². The number of carbonyl (C=O) groups is 1. The van der Waals surface area contributed by atoms with Gasteiger partial charge in [-0.1, -0.05) is 23.5 Å². The third-order valence-corrected chi connectivity index (χ3v) is 3.87. The van der Waals surface area contributed by atoms with Crippen molar-refractivity contribution in [1.82, 2.24) is 4.98 Å². The van der Waals surface area contributed by atoms with Gasteiger partial charge in [-0.3, -0.25) is 10.2 Å². The Morgan fingerprint density at radius 1 is 1.28 bits per heavy atom. The molecule has 1 aliphatic carbocycles. The summed E-state index contributed by atoms with van der Waals surface area (Å²) in [6.45, 7) is 0. The number of hydrogen-bond acceptors (Lipinski definition) is 5. The molecule has 0 spiro atoms. The van der Waals surface area contributed by atoms with E-state index in [0.29, 0.717) is 12.8 Å². The lowest BCUT2D eigenvalue weighted by Crippen LogP contribution is -2.15. The van der Waals surface area contributed by atoms with Crippen molar-refractivity contribution in [3.05, 3.63) is 24.3 Å². The van der Waals surface area contributed by atoms with Gasteiger partial charge in [0, 0.05) is 18.6 Å². The third kappa shape index (κ3) is 2.41.